The summed E-state index contributed by atoms with van der Waals surface area (Å²) in [6, 6.07) is 0.0134. The first-order valence-electron chi connectivity index (χ1n) is 12.4. The lowest BCUT2D eigenvalue weighted by atomic mass is 9.62. The SMILES string of the molecule is COC(=O)NC(C)(C)/C=C/n1ncc(C(=O)NC2C3CCCC2CC(N)(CO)C3)c1OCC(C)C. The van der Waals surface area contributed by atoms with E-state index in [1.807, 2.05) is 27.7 Å². The van der Waals surface area contributed by atoms with Crippen molar-refractivity contribution in [3.05, 3.63) is 17.8 Å². The molecule has 0 radical (unpaired) electrons. The van der Waals surface area contributed by atoms with Gasteiger partial charge in [-0.2, -0.15) is 5.10 Å². The van der Waals surface area contributed by atoms with Crippen molar-refractivity contribution in [2.45, 2.75) is 76.9 Å². The largest absolute Gasteiger partial charge is 0.477 e. The topological polar surface area (TPSA) is 141 Å². The molecular weight excluding hydrogens is 450 g/mol. The van der Waals surface area contributed by atoms with Gasteiger partial charge in [0.25, 0.3) is 5.91 Å². The predicted molar refractivity (Wildman–Crippen MR) is 133 cm³/mol. The van der Waals surface area contributed by atoms with Crippen LogP contribution in [0.15, 0.2) is 12.3 Å². The van der Waals surface area contributed by atoms with Crippen LogP contribution in [0.2, 0.25) is 0 Å². The van der Waals surface area contributed by atoms with Gasteiger partial charge in [0.2, 0.25) is 5.88 Å². The molecule has 2 bridgehead atoms. The summed E-state index contributed by atoms with van der Waals surface area (Å²) >= 11 is 0. The van der Waals surface area contributed by atoms with Gasteiger partial charge in [-0.05, 0) is 63.4 Å². The van der Waals surface area contributed by atoms with Crippen molar-refractivity contribution in [1.82, 2.24) is 20.4 Å². The number of carbonyl (C=O) groups excluding carboxylic acids is 2. The molecule has 1 heterocycles. The minimum absolute atomic E-state index is 0.0134. The number of ether oxygens (including phenoxy) is 2. The van der Waals surface area contributed by atoms with E-state index in [1.54, 1.807) is 12.3 Å². The molecule has 0 spiro atoms. The Morgan fingerprint density at radius 2 is 2.00 bits per heavy atom. The molecule has 0 saturated heterocycles. The van der Waals surface area contributed by atoms with Crippen LogP contribution in [0.25, 0.3) is 6.20 Å². The van der Waals surface area contributed by atoms with Gasteiger partial charge in [-0.15, -0.1) is 0 Å². The third-order valence-electron chi connectivity index (χ3n) is 6.91. The number of aromatic nitrogens is 2. The Kier molecular flexibility index (Phi) is 8.48. The van der Waals surface area contributed by atoms with Crippen LogP contribution in [0, 0.1) is 17.8 Å². The summed E-state index contributed by atoms with van der Waals surface area (Å²) in [5.41, 5.74) is 5.50. The molecule has 1 aromatic heterocycles. The maximum atomic E-state index is 13.4. The standard InChI is InChI=1S/C25H41N5O5/c1-16(2)14-35-22-19(13-27-30(22)10-9-24(3,4)29-23(33)34-5)21(32)28-20-17-7-6-8-18(20)12-25(26,11-17)15-31/h9-10,13,16-18,20,31H,6-8,11-12,14-15,26H2,1-5H3,(H,28,32)(H,29,33)/b10-9+. The normalized spacial score (nSPS) is 26.6. The van der Waals surface area contributed by atoms with Gasteiger partial charge in [0.05, 0.1) is 32.1 Å². The molecule has 2 unspecified atom stereocenters. The Balaban J connectivity index is 1.80. The molecule has 2 saturated carbocycles. The van der Waals surface area contributed by atoms with Crippen molar-refractivity contribution in [1.29, 1.82) is 0 Å². The summed E-state index contributed by atoms with van der Waals surface area (Å²) in [5, 5.41) is 20.1. The van der Waals surface area contributed by atoms with Crippen molar-refractivity contribution in [2.75, 3.05) is 20.3 Å². The van der Waals surface area contributed by atoms with Crippen LogP contribution in [-0.2, 0) is 4.74 Å². The van der Waals surface area contributed by atoms with Gasteiger partial charge < -0.3 is 30.9 Å². The van der Waals surface area contributed by atoms with Gasteiger partial charge in [0.1, 0.15) is 5.56 Å². The van der Waals surface area contributed by atoms with E-state index in [0.717, 1.165) is 19.3 Å². The van der Waals surface area contributed by atoms with Crippen LogP contribution in [0.4, 0.5) is 4.79 Å². The second-order valence-electron chi connectivity index (χ2n) is 11.0. The molecule has 0 aliphatic heterocycles. The van der Waals surface area contributed by atoms with E-state index in [2.05, 4.69) is 20.5 Å². The number of amides is 2. The number of nitrogens with one attached hydrogen (secondary N) is 2. The van der Waals surface area contributed by atoms with E-state index in [0.29, 0.717) is 30.9 Å². The van der Waals surface area contributed by atoms with Gasteiger partial charge in [-0.1, -0.05) is 20.3 Å². The summed E-state index contributed by atoms with van der Waals surface area (Å²) in [7, 11) is 1.31. The van der Waals surface area contributed by atoms with Crippen LogP contribution >= 0.6 is 0 Å². The van der Waals surface area contributed by atoms with Crippen molar-refractivity contribution >= 4 is 18.2 Å². The molecule has 35 heavy (non-hydrogen) atoms. The number of hydrogen-bond donors (Lipinski definition) is 4. The number of methoxy groups -OCH3 is 1. The Morgan fingerprint density at radius 3 is 2.57 bits per heavy atom. The zero-order valence-electron chi connectivity index (χ0n) is 21.5. The summed E-state index contributed by atoms with van der Waals surface area (Å²) in [4.78, 5) is 25.0. The fourth-order valence-corrected chi connectivity index (χ4v) is 5.18. The van der Waals surface area contributed by atoms with Crippen LogP contribution < -0.4 is 21.1 Å². The number of fused-ring (bicyclic) bond motifs is 2. The Labute approximate surface area is 207 Å². The molecule has 10 nitrogen and oxygen atoms in total. The molecule has 5 N–H and O–H groups in total. The Hall–Kier alpha value is -2.59. The van der Waals surface area contributed by atoms with Crippen molar-refractivity contribution < 1.29 is 24.2 Å². The van der Waals surface area contributed by atoms with Crippen LogP contribution in [-0.4, -0.2) is 64.3 Å². The monoisotopic (exact) mass is 491 g/mol. The molecule has 3 rings (SSSR count). The number of rotatable bonds is 9. The first-order chi connectivity index (χ1) is 16.5. The number of carbonyl (C=O) groups is 2. The van der Waals surface area contributed by atoms with E-state index in [-0.39, 0.29) is 36.3 Å². The van der Waals surface area contributed by atoms with E-state index in [9.17, 15) is 14.7 Å². The van der Waals surface area contributed by atoms with E-state index < -0.39 is 17.2 Å². The first-order valence-corrected chi connectivity index (χ1v) is 12.4. The summed E-state index contributed by atoms with van der Waals surface area (Å²) in [6.45, 7) is 8.08. The average Bonchev–Trinajstić information content (AvgIpc) is 3.19. The Bertz CT molecular complexity index is 911. The second-order valence-corrected chi connectivity index (χ2v) is 11.0. The van der Waals surface area contributed by atoms with Gasteiger partial charge in [-0.3, -0.25) is 4.79 Å². The number of aliphatic hydroxyl groups excluding tert-OH is 1. The molecule has 0 aromatic carbocycles. The predicted octanol–water partition coefficient (Wildman–Crippen LogP) is 2.52. The Morgan fingerprint density at radius 1 is 1.34 bits per heavy atom. The highest BCUT2D eigenvalue weighted by atomic mass is 16.5. The van der Waals surface area contributed by atoms with Crippen molar-refractivity contribution in [3.63, 3.8) is 0 Å². The number of alkyl carbamates (subject to hydrolysis) is 1. The van der Waals surface area contributed by atoms with Crippen LogP contribution in [0.1, 0.15) is 70.2 Å². The second kappa shape index (κ2) is 11.0. The molecule has 2 aliphatic rings. The van der Waals surface area contributed by atoms with Gasteiger partial charge in [0, 0.05) is 17.8 Å². The fourth-order valence-electron chi connectivity index (χ4n) is 5.18. The van der Waals surface area contributed by atoms with Gasteiger partial charge >= 0.3 is 6.09 Å². The molecule has 1 aromatic rings. The van der Waals surface area contributed by atoms with E-state index in [4.69, 9.17) is 10.5 Å². The third kappa shape index (κ3) is 6.76. The van der Waals surface area contributed by atoms with Crippen LogP contribution in [0.5, 0.6) is 5.88 Å². The molecule has 10 heteroatoms. The highest BCUT2D eigenvalue weighted by Crippen LogP contribution is 2.43. The highest BCUT2D eigenvalue weighted by Gasteiger charge is 2.46. The molecular formula is C25H41N5O5. The lowest BCUT2D eigenvalue weighted by molar-refractivity contribution is 0.0339. The lowest BCUT2D eigenvalue weighted by Crippen LogP contribution is -2.60. The van der Waals surface area contributed by atoms with Gasteiger partial charge in [-0.25, -0.2) is 9.48 Å². The van der Waals surface area contributed by atoms with Crippen molar-refractivity contribution in [3.8, 4) is 5.88 Å². The quantitative estimate of drug-likeness (QED) is 0.416. The molecule has 196 valence electrons. The minimum atomic E-state index is -0.711. The molecule has 2 amide bonds. The van der Waals surface area contributed by atoms with Crippen LogP contribution in [0.3, 0.4) is 0 Å². The zero-order valence-corrected chi connectivity index (χ0v) is 21.5. The van der Waals surface area contributed by atoms with Gasteiger partial charge in [0.15, 0.2) is 0 Å². The number of aliphatic hydroxyl groups is 1. The summed E-state index contributed by atoms with van der Waals surface area (Å²) in [6.07, 6.45) is 8.88. The third-order valence-corrected chi connectivity index (χ3v) is 6.91. The summed E-state index contributed by atoms with van der Waals surface area (Å²) < 4.78 is 12.2. The summed E-state index contributed by atoms with van der Waals surface area (Å²) in [5.74, 6) is 0.855. The number of hydrogen-bond acceptors (Lipinski definition) is 7. The number of nitrogens with zero attached hydrogens (tertiary/aromatic N) is 2. The molecule has 2 fully saturated rings. The maximum absolute atomic E-state index is 13.4. The maximum Gasteiger partial charge on any atom is 0.407 e. The highest BCUT2D eigenvalue weighted by molar-refractivity contribution is 5.96. The lowest BCUT2D eigenvalue weighted by Gasteiger charge is -2.49. The van der Waals surface area contributed by atoms with E-state index in [1.165, 1.54) is 18.0 Å². The first kappa shape index (κ1) is 27.0. The number of nitrogens with two attached hydrogens (primary N) is 1. The fraction of sp³-hybridized carbons (Fsp3) is 0.720. The zero-order chi connectivity index (χ0) is 25.8. The van der Waals surface area contributed by atoms with Crippen molar-refractivity contribution in [2.24, 2.45) is 23.5 Å². The smallest absolute Gasteiger partial charge is 0.407 e. The molecule has 2 atom stereocenters. The average molecular weight is 492 g/mol. The van der Waals surface area contributed by atoms with E-state index >= 15 is 0 Å². The molecule has 2 aliphatic carbocycles. The minimum Gasteiger partial charge on any atom is -0.477 e.